The van der Waals surface area contributed by atoms with Gasteiger partial charge in [0.05, 0.1) is 63.2 Å². The van der Waals surface area contributed by atoms with Gasteiger partial charge < -0.3 is 30.3 Å². The van der Waals surface area contributed by atoms with Crippen molar-refractivity contribution in [2.45, 2.75) is 32.3 Å². The first-order chi connectivity index (χ1) is 41.5. The summed E-state index contributed by atoms with van der Waals surface area (Å²) in [4.78, 5) is 65.7. The molecule has 0 unspecified atom stereocenters. The summed E-state index contributed by atoms with van der Waals surface area (Å²) in [6.45, 7) is 0. The molecule has 0 radical (unpaired) electrons. The van der Waals surface area contributed by atoms with Gasteiger partial charge in [0.1, 0.15) is 34.1 Å². The Morgan fingerprint density at radius 3 is 1.40 bits per heavy atom. The van der Waals surface area contributed by atoms with E-state index in [9.17, 15) is 14.4 Å². The van der Waals surface area contributed by atoms with Gasteiger partial charge in [-0.2, -0.15) is 15.3 Å². The third-order valence-electron chi connectivity index (χ3n) is 12.4. The summed E-state index contributed by atoms with van der Waals surface area (Å²) in [6, 6.07) is 39.7. The lowest BCUT2D eigenvalue weighted by Crippen LogP contribution is -2.13. The van der Waals surface area contributed by atoms with Crippen LogP contribution in [0.1, 0.15) is 47.1 Å². The van der Waals surface area contributed by atoms with Crippen LogP contribution in [0.2, 0.25) is 0 Å². The van der Waals surface area contributed by atoms with Crippen LogP contribution >= 0.6 is 62.6 Å². The molecule has 0 aliphatic rings. The predicted octanol–water partition coefficient (Wildman–Crippen LogP) is 12.6. The molecule has 0 spiro atoms. The van der Waals surface area contributed by atoms with E-state index in [0.29, 0.717) is 44.6 Å². The Morgan fingerprint density at radius 1 is 0.529 bits per heavy atom. The lowest BCUT2D eigenvalue weighted by atomic mass is 10.1. The Hall–Kier alpha value is -9.21. The molecule has 0 saturated carbocycles. The highest BCUT2D eigenvalue weighted by molar-refractivity contribution is 9.11. The Bertz CT molecular complexity index is 4270. The van der Waals surface area contributed by atoms with Gasteiger partial charge in [-0.1, -0.05) is 42.5 Å². The molecule has 0 fully saturated rings. The van der Waals surface area contributed by atoms with Crippen molar-refractivity contribution in [1.29, 1.82) is 0 Å². The fourth-order valence-corrected chi connectivity index (χ4v) is 12.3. The van der Waals surface area contributed by atoms with Gasteiger partial charge in [0.2, 0.25) is 0 Å². The van der Waals surface area contributed by atoms with E-state index in [-0.39, 0.29) is 17.7 Å². The zero-order chi connectivity index (χ0) is 59.1. The number of anilines is 4. The molecule has 12 rings (SSSR count). The van der Waals surface area contributed by atoms with Crippen LogP contribution in [-0.2, 0) is 17.3 Å². The summed E-state index contributed by atoms with van der Waals surface area (Å²) in [7, 11) is 6.99. The van der Waals surface area contributed by atoms with Gasteiger partial charge in [-0.15, -0.1) is 46.6 Å². The zero-order valence-corrected chi connectivity index (χ0v) is 50.6. The lowest BCUT2D eigenvalue weighted by Gasteiger charge is -2.13. The summed E-state index contributed by atoms with van der Waals surface area (Å²) in [5, 5.41) is 34.7. The third kappa shape index (κ3) is 15.3. The van der Waals surface area contributed by atoms with E-state index < -0.39 is 0 Å². The van der Waals surface area contributed by atoms with Gasteiger partial charge in [0.15, 0.2) is 28.4 Å². The number of fused-ring (bicyclic) bond motifs is 3. The zero-order valence-electron chi connectivity index (χ0n) is 45.7. The van der Waals surface area contributed by atoms with Crippen molar-refractivity contribution in [3.63, 3.8) is 0 Å². The van der Waals surface area contributed by atoms with Gasteiger partial charge in [-0.05, 0) is 118 Å². The molecule has 0 aliphatic heterocycles. The number of aromatic nitrogens is 12. The molecule has 7 aromatic heterocycles. The molecule has 6 N–H and O–H groups in total. The molecule has 21 nitrogen and oxygen atoms in total. The van der Waals surface area contributed by atoms with Crippen LogP contribution in [0.4, 0.5) is 22.7 Å². The molecule has 85 heavy (non-hydrogen) atoms. The smallest absolute Gasteiger partial charge is 0.265 e. The maximum absolute atomic E-state index is 12.8. The van der Waals surface area contributed by atoms with Crippen LogP contribution in [0.25, 0.3) is 33.1 Å². The number of hydrogen-bond acceptors (Lipinski definition) is 19. The maximum Gasteiger partial charge on any atom is 0.265 e. The van der Waals surface area contributed by atoms with E-state index >= 15 is 0 Å². The summed E-state index contributed by atoms with van der Waals surface area (Å²) >= 11 is 9.58. The molecule has 5 aromatic carbocycles. The standard InChI is InChI=1S/C21H20N6OS.C21H19N5O3S.C17H12BrN5OS2/c1-27(2)17-8-6-15(7-9-17)20(28)25-16-5-3-4-14(10-16)12-29-21-18-11-24-26-19(18)22-13-23-21;1-28-17-8-4-7-15(18(17)29-2)20(27)25-14-6-3-5-13(9-14)11-30-21-16-10-24-26-19(16)22-12-23-21;18-14-5-4-13(26-14)16(24)22-11-3-1-2-10(6-11)8-25-17-12-7-21-23-15(12)19-9-20-17/h3-11,13H,12H2,1-2H3,(H,25,28)(H,22,23,24,26);3-10,12H,11H2,1-2H3,(H,25,27)(H,22,23,24,26);1-7,9H,8H2,(H,22,24)(H,19,20,21,23). The van der Waals surface area contributed by atoms with Crippen molar-refractivity contribution in [3.8, 4) is 11.5 Å². The monoisotopic (exact) mass is 1270 g/mol. The van der Waals surface area contributed by atoms with Gasteiger partial charge in [-0.25, -0.2) is 29.9 Å². The predicted molar refractivity (Wildman–Crippen MR) is 339 cm³/mol. The van der Waals surface area contributed by atoms with Crippen LogP contribution < -0.4 is 30.3 Å². The Morgan fingerprint density at radius 2 is 0.976 bits per heavy atom. The van der Waals surface area contributed by atoms with Crippen LogP contribution in [0.15, 0.2) is 184 Å². The van der Waals surface area contributed by atoms with Gasteiger partial charge >= 0.3 is 0 Å². The Labute approximate surface area is 511 Å². The highest BCUT2D eigenvalue weighted by atomic mass is 79.9. The number of nitrogens with one attached hydrogen (secondary N) is 6. The first-order valence-corrected chi connectivity index (χ1v) is 30.3. The van der Waals surface area contributed by atoms with Gasteiger partial charge in [-0.3, -0.25) is 29.7 Å². The summed E-state index contributed by atoms with van der Waals surface area (Å²) in [5.41, 5.74) is 9.70. The Balaban J connectivity index is 0.000000142. The number of carbonyl (C=O) groups is 3. The van der Waals surface area contributed by atoms with Crippen molar-refractivity contribution in [1.82, 2.24) is 60.5 Å². The van der Waals surface area contributed by atoms with Crippen LogP contribution in [-0.4, -0.2) is 107 Å². The second-order valence-corrected chi connectivity index (χ2v) is 23.7. The molecule has 0 bridgehead atoms. The van der Waals surface area contributed by atoms with Crippen molar-refractivity contribution < 1.29 is 23.9 Å². The normalized spacial score (nSPS) is 10.8. The summed E-state index contributed by atoms with van der Waals surface area (Å²) < 4.78 is 11.6. The van der Waals surface area contributed by atoms with E-state index in [2.05, 4.69) is 92.4 Å². The molecule has 7 heterocycles. The number of nitrogens with zero attached hydrogens (tertiary/aromatic N) is 10. The number of hydrogen-bond donors (Lipinski definition) is 6. The van der Waals surface area contributed by atoms with Gasteiger partial charge in [0.25, 0.3) is 17.7 Å². The number of benzene rings is 5. The fraction of sp³-hybridized carbons (Fsp3) is 0.119. The minimum Gasteiger partial charge on any atom is -0.493 e. The number of methoxy groups -OCH3 is 2. The highest BCUT2D eigenvalue weighted by Crippen LogP contribution is 2.33. The van der Waals surface area contributed by atoms with E-state index in [1.54, 1.807) is 78.1 Å². The van der Waals surface area contributed by atoms with E-state index in [4.69, 9.17) is 9.47 Å². The van der Waals surface area contributed by atoms with Crippen molar-refractivity contribution >= 4 is 136 Å². The molecular weight excluding hydrogens is 1220 g/mol. The topological polar surface area (TPSA) is 272 Å². The number of thiophene rings is 1. The van der Waals surface area contributed by atoms with E-state index in [0.717, 1.165) is 91.6 Å². The van der Waals surface area contributed by atoms with E-state index in [1.807, 2.05) is 122 Å². The first kappa shape index (κ1) is 59.0. The molecule has 3 amide bonds. The maximum atomic E-state index is 12.8. The Kier molecular flexibility index (Phi) is 19.7. The first-order valence-electron chi connectivity index (χ1n) is 25.7. The molecule has 0 atom stereocenters. The molecule has 0 aliphatic carbocycles. The highest BCUT2D eigenvalue weighted by Gasteiger charge is 2.18. The number of aromatic amines is 3. The van der Waals surface area contributed by atoms with Crippen molar-refractivity contribution in [2.75, 3.05) is 49.2 Å². The number of amides is 3. The largest absolute Gasteiger partial charge is 0.493 e. The number of para-hydroxylation sites is 1. The summed E-state index contributed by atoms with van der Waals surface area (Å²) in [6.07, 6.45) is 9.75. The summed E-state index contributed by atoms with van der Waals surface area (Å²) in [5.74, 6) is 2.53. The van der Waals surface area contributed by atoms with Crippen LogP contribution in [0.5, 0.6) is 11.5 Å². The van der Waals surface area contributed by atoms with Crippen LogP contribution in [0.3, 0.4) is 0 Å². The fourth-order valence-electron chi connectivity index (χ4n) is 8.25. The van der Waals surface area contributed by atoms with Crippen LogP contribution in [0, 0.1) is 0 Å². The third-order valence-corrected chi connectivity index (χ3v) is 17.3. The molecule has 26 heteroatoms. The second-order valence-electron chi connectivity index (χ2n) is 18.3. The molecule has 12 aromatic rings. The van der Waals surface area contributed by atoms with E-state index in [1.165, 1.54) is 44.5 Å². The lowest BCUT2D eigenvalue weighted by molar-refractivity contribution is 0.101. The molecular formula is C59H51BrN16O5S4. The SMILES string of the molecule is CN(C)c1ccc(C(=O)Nc2cccc(CSc3ncnc4[nH]ncc34)c2)cc1.COc1cccc(C(=O)Nc2cccc(CSc3ncnc4[nH]ncc34)c2)c1OC.O=C(Nc1cccc(CSc2ncnc3[nH]ncc23)c1)c1ccc(Br)s1. The van der Waals surface area contributed by atoms with Gasteiger partial charge in [0, 0.05) is 59.7 Å². The van der Waals surface area contributed by atoms with Crippen molar-refractivity contribution in [3.05, 3.63) is 201 Å². The average molecular weight is 1270 g/mol. The minimum atomic E-state index is -0.272. The average Bonchev–Trinajstić information content (AvgIpc) is 4.52. The minimum absolute atomic E-state index is 0.110. The number of rotatable bonds is 18. The molecule has 428 valence electrons. The molecule has 0 saturated heterocycles. The number of H-pyrrole nitrogens is 3. The number of ether oxygens (including phenoxy) is 2. The number of carbonyl (C=O) groups excluding carboxylic acids is 3. The number of thioether (sulfide) groups is 3. The quantitative estimate of drug-likeness (QED) is 0.0344. The van der Waals surface area contributed by atoms with Crippen molar-refractivity contribution in [2.24, 2.45) is 0 Å². The number of halogens is 1. The second kappa shape index (κ2) is 28.4.